The fraction of sp³-hybridized carbons (Fsp3) is 0.125. The summed E-state index contributed by atoms with van der Waals surface area (Å²) < 4.78 is 39.0. The van der Waals surface area contributed by atoms with Crippen molar-refractivity contribution in [1.29, 1.82) is 5.41 Å². The number of hydrogen-bond donors (Lipinski definition) is 4. The van der Waals surface area contributed by atoms with Gasteiger partial charge in [-0.3, -0.25) is 10.2 Å². The molecule has 3 rings (SSSR count). The van der Waals surface area contributed by atoms with Crippen molar-refractivity contribution in [2.75, 3.05) is 4.90 Å². The lowest BCUT2D eigenvalue weighted by atomic mass is 9.93. The van der Waals surface area contributed by atoms with E-state index in [1.54, 1.807) is 24.3 Å². The Balaban J connectivity index is 1.92. The third-order valence-electron chi connectivity index (χ3n) is 5.44. The normalized spacial score (nSPS) is 13.0. The molecule has 2 amide bonds. The number of rotatable bonds is 7. The minimum Gasteiger partial charge on any atom is -0.464 e. The summed E-state index contributed by atoms with van der Waals surface area (Å²) in [6.45, 7) is 1.43. The van der Waals surface area contributed by atoms with Crippen LogP contribution in [0.1, 0.15) is 24.0 Å². The number of carbonyl (C=O) groups excluding carboxylic acids is 1. The van der Waals surface area contributed by atoms with Crippen LogP contribution in [0.2, 0.25) is 0 Å². The molecule has 0 fully saturated rings. The highest BCUT2D eigenvalue weighted by molar-refractivity contribution is 7.89. The number of nitrogens with two attached hydrogens (primary N) is 2. The molecule has 0 heterocycles. The van der Waals surface area contributed by atoms with Crippen molar-refractivity contribution in [3.05, 3.63) is 83.9 Å². The minimum absolute atomic E-state index is 0.119. The zero-order chi connectivity index (χ0) is 25.9. The molecular weight excluding hydrogens is 475 g/mol. The van der Waals surface area contributed by atoms with Gasteiger partial charge in [0.25, 0.3) is 5.91 Å². The molecule has 0 aliphatic carbocycles. The average Bonchev–Trinajstić information content (AvgIpc) is 2.83. The van der Waals surface area contributed by atoms with Gasteiger partial charge in [0.15, 0.2) is 6.17 Å². The summed E-state index contributed by atoms with van der Waals surface area (Å²) in [5, 5.41) is 22.4. The van der Waals surface area contributed by atoms with Gasteiger partial charge in [-0.1, -0.05) is 55.5 Å². The van der Waals surface area contributed by atoms with E-state index in [1.165, 1.54) is 55.5 Å². The molecule has 0 radical (unpaired) electrons. The zero-order valence-electron chi connectivity index (χ0n) is 18.6. The Hall–Kier alpha value is -4.09. The highest BCUT2D eigenvalue weighted by Crippen LogP contribution is 2.30. The highest BCUT2D eigenvalue weighted by atomic mass is 32.2. The van der Waals surface area contributed by atoms with Crippen molar-refractivity contribution in [1.82, 2.24) is 0 Å². The van der Waals surface area contributed by atoms with Gasteiger partial charge in [0.1, 0.15) is 5.84 Å². The number of alkyl halides is 1. The number of hydrogen-bond acceptors (Lipinski definition) is 5. The number of primary sulfonamides is 1. The molecule has 0 saturated heterocycles. The topological polar surface area (TPSA) is 168 Å². The van der Waals surface area contributed by atoms with Crippen LogP contribution in [0.25, 0.3) is 11.1 Å². The Morgan fingerprint density at radius 1 is 1.03 bits per heavy atom. The molecule has 0 aliphatic rings. The molecule has 0 spiro atoms. The number of imide groups is 1. The molecule has 182 valence electrons. The first kappa shape index (κ1) is 25.5. The predicted molar refractivity (Wildman–Crippen MR) is 130 cm³/mol. The molecule has 0 aliphatic heterocycles. The number of amidine groups is 1. The molecule has 11 heteroatoms. The predicted octanol–water partition coefficient (Wildman–Crippen LogP) is 3.44. The molecule has 3 aromatic rings. The van der Waals surface area contributed by atoms with Gasteiger partial charge in [-0.25, -0.2) is 27.6 Å². The van der Waals surface area contributed by atoms with Crippen LogP contribution in [0.5, 0.6) is 0 Å². The van der Waals surface area contributed by atoms with Gasteiger partial charge in [-0.2, -0.15) is 0 Å². The number of carboxylic acid groups (broad SMARTS) is 1. The van der Waals surface area contributed by atoms with E-state index >= 15 is 4.39 Å². The molecule has 3 aromatic carbocycles. The van der Waals surface area contributed by atoms with Crippen molar-refractivity contribution in [3.63, 3.8) is 0 Å². The molecule has 0 aromatic heterocycles. The standard InChI is InChI=1S/C24H23FN4O5S/c1-14(16-5-4-6-17(13-16)22(26)27)21(25)23(30)29(24(31)32)18-11-9-15(10-12-18)19-7-2-3-8-20(19)35(28,33)34/h2-14,21H,1H3,(H3,26,27)(H,31,32)(H2,28,33,34). The van der Waals surface area contributed by atoms with Crippen molar-refractivity contribution in [2.45, 2.75) is 23.9 Å². The second-order valence-electron chi connectivity index (χ2n) is 7.77. The smallest absolute Gasteiger partial charge is 0.418 e. The summed E-state index contributed by atoms with van der Waals surface area (Å²) in [4.78, 5) is 24.9. The average molecular weight is 499 g/mol. The molecule has 9 nitrogen and oxygen atoms in total. The molecule has 0 saturated carbocycles. The third kappa shape index (κ3) is 5.53. The summed E-state index contributed by atoms with van der Waals surface area (Å²) >= 11 is 0. The van der Waals surface area contributed by atoms with E-state index in [2.05, 4.69) is 0 Å². The van der Waals surface area contributed by atoms with E-state index in [1.807, 2.05) is 0 Å². The Morgan fingerprint density at radius 2 is 1.66 bits per heavy atom. The fourth-order valence-corrected chi connectivity index (χ4v) is 4.33. The van der Waals surface area contributed by atoms with E-state index in [0.29, 0.717) is 21.6 Å². The van der Waals surface area contributed by atoms with Crippen molar-refractivity contribution in [3.8, 4) is 11.1 Å². The molecule has 0 bridgehead atoms. The van der Waals surface area contributed by atoms with Gasteiger partial charge < -0.3 is 10.8 Å². The third-order valence-corrected chi connectivity index (χ3v) is 6.41. The second kappa shape index (κ2) is 10.0. The van der Waals surface area contributed by atoms with Gasteiger partial charge in [0.2, 0.25) is 10.0 Å². The van der Waals surface area contributed by atoms with Crippen LogP contribution in [0, 0.1) is 5.41 Å². The first-order valence-corrected chi connectivity index (χ1v) is 11.8. The van der Waals surface area contributed by atoms with Gasteiger partial charge in [0.05, 0.1) is 10.6 Å². The van der Waals surface area contributed by atoms with E-state index in [4.69, 9.17) is 16.3 Å². The Morgan fingerprint density at radius 3 is 2.23 bits per heavy atom. The maximum atomic E-state index is 15.2. The number of nitrogens with zero attached hydrogens (tertiary/aromatic N) is 1. The summed E-state index contributed by atoms with van der Waals surface area (Å²) in [6, 6.07) is 17.5. The van der Waals surface area contributed by atoms with Crippen molar-refractivity contribution >= 4 is 33.5 Å². The Labute approximate surface area is 201 Å². The van der Waals surface area contributed by atoms with Crippen LogP contribution in [-0.4, -0.2) is 37.5 Å². The van der Waals surface area contributed by atoms with Crippen molar-refractivity contribution < 1.29 is 27.5 Å². The molecule has 2 unspecified atom stereocenters. The Bertz CT molecular complexity index is 1390. The SMILES string of the molecule is CC(c1cccc(C(=N)N)c1)C(F)C(=O)N(C(=O)O)c1ccc(-c2ccccc2S(N)(=O)=O)cc1. The number of carbonyl (C=O) groups is 2. The Kier molecular flexibility index (Phi) is 7.32. The van der Waals surface area contributed by atoms with E-state index in [-0.39, 0.29) is 22.0 Å². The number of amides is 2. The van der Waals surface area contributed by atoms with Gasteiger partial charge in [-0.05, 0) is 35.4 Å². The van der Waals surface area contributed by atoms with Crippen LogP contribution in [0.3, 0.4) is 0 Å². The van der Waals surface area contributed by atoms with Crippen LogP contribution in [0.4, 0.5) is 14.9 Å². The first-order chi connectivity index (χ1) is 16.4. The lowest BCUT2D eigenvalue weighted by Gasteiger charge is -2.23. The summed E-state index contributed by atoms with van der Waals surface area (Å²) in [6.07, 6.45) is -3.89. The number of nitrogen functional groups attached to an aromatic ring is 1. The van der Waals surface area contributed by atoms with E-state index < -0.39 is 34.1 Å². The summed E-state index contributed by atoms with van der Waals surface area (Å²) in [7, 11) is -4.02. The lowest BCUT2D eigenvalue weighted by Crippen LogP contribution is -2.42. The van der Waals surface area contributed by atoms with E-state index in [9.17, 15) is 23.1 Å². The maximum Gasteiger partial charge on any atom is 0.418 e. The van der Waals surface area contributed by atoms with Gasteiger partial charge in [-0.15, -0.1) is 0 Å². The fourth-order valence-electron chi connectivity index (χ4n) is 3.57. The van der Waals surface area contributed by atoms with Gasteiger partial charge in [0, 0.05) is 17.0 Å². The number of halogens is 1. The number of benzene rings is 3. The van der Waals surface area contributed by atoms with Crippen molar-refractivity contribution in [2.24, 2.45) is 10.9 Å². The summed E-state index contributed by atoms with van der Waals surface area (Å²) in [5.41, 5.74) is 6.76. The number of nitrogens with one attached hydrogen (secondary N) is 1. The number of anilines is 1. The monoisotopic (exact) mass is 498 g/mol. The second-order valence-corrected chi connectivity index (χ2v) is 9.30. The largest absolute Gasteiger partial charge is 0.464 e. The quantitative estimate of drug-likeness (QED) is 0.287. The number of sulfonamides is 1. The molecule has 6 N–H and O–H groups in total. The maximum absolute atomic E-state index is 15.2. The zero-order valence-corrected chi connectivity index (χ0v) is 19.4. The molecule has 2 atom stereocenters. The van der Waals surface area contributed by atoms with E-state index in [0.717, 1.165) is 0 Å². The summed E-state index contributed by atoms with van der Waals surface area (Å²) in [5.74, 6) is -2.54. The highest BCUT2D eigenvalue weighted by Gasteiger charge is 2.34. The molecule has 35 heavy (non-hydrogen) atoms. The first-order valence-electron chi connectivity index (χ1n) is 10.3. The van der Waals surface area contributed by atoms with Crippen LogP contribution in [0.15, 0.2) is 77.7 Å². The van der Waals surface area contributed by atoms with Crippen LogP contribution >= 0.6 is 0 Å². The van der Waals surface area contributed by atoms with Crippen LogP contribution in [-0.2, 0) is 14.8 Å². The molecular formula is C24H23FN4O5S. The minimum atomic E-state index is -4.02. The lowest BCUT2D eigenvalue weighted by molar-refractivity contribution is -0.123. The van der Waals surface area contributed by atoms with Crippen LogP contribution < -0.4 is 15.8 Å². The van der Waals surface area contributed by atoms with Gasteiger partial charge >= 0.3 is 6.09 Å².